The minimum absolute atomic E-state index is 0.0543. The van der Waals surface area contributed by atoms with E-state index in [0.29, 0.717) is 11.3 Å². The summed E-state index contributed by atoms with van der Waals surface area (Å²) in [6.45, 7) is 0. The van der Waals surface area contributed by atoms with Crippen molar-refractivity contribution in [2.24, 2.45) is 7.05 Å². The van der Waals surface area contributed by atoms with E-state index >= 15 is 0 Å². The fraction of sp³-hybridized carbons (Fsp3) is 0.0667. The predicted molar refractivity (Wildman–Crippen MR) is 95.0 cm³/mol. The number of sulfonamides is 1. The Bertz CT molecular complexity index is 1110. The van der Waals surface area contributed by atoms with Gasteiger partial charge in [0.25, 0.3) is 15.6 Å². The molecule has 0 aliphatic heterocycles. The minimum atomic E-state index is -3.86. The number of nitrogens with zero attached hydrogens (tertiary/aromatic N) is 2. The van der Waals surface area contributed by atoms with Gasteiger partial charge in [-0.2, -0.15) is 5.10 Å². The highest BCUT2D eigenvalue weighted by Gasteiger charge is 2.18. The van der Waals surface area contributed by atoms with Crippen LogP contribution >= 0.6 is 22.9 Å². The van der Waals surface area contributed by atoms with Gasteiger partial charge >= 0.3 is 0 Å². The Hall–Kier alpha value is -2.23. The summed E-state index contributed by atoms with van der Waals surface area (Å²) in [6, 6.07) is 7.87. The average molecular weight is 400 g/mol. The molecule has 0 amide bonds. The number of aromatic nitrogens is 2. The molecule has 6 nitrogen and oxygen atoms in total. The lowest BCUT2D eigenvalue weighted by molar-refractivity contribution is 0.603. The van der Waals surface area contributed by atoms with E-state index in [9.17, 15) is 17.6 Å². The number of benzene rings is 1. The molecule has 0 saturated carbocycles. The van der Waals surface area contributed by atoms with Gasteiger partial charge in [-0.15, -0.1) is 11.3 Å². The first-order valence-electron chi connectivity index (χ1n) is 6.87. The topological polar surface area (TPSA) is 81.1 Å². The number of halogens is 2. The molecule has 0 atom stereocenters. The van der Waals surface area contributed by atoms with E-state index in [0.717, 1.165) is 17.4 Å². The van der Waals surface area contributed by atoms with E-state index in [-0.39, 0.29) is 20.5 Å². The highest BCUT2D eigenvalue weighted by atomic mass is 35.5. The summed E-state index contributed by atoms with van der Waals surface area (Å²) in [6.07, 6.45) is 0. The fourth-order valence-electron chi connectivity index (χ4n) is 2.01. The Morgan fingerprint density at radius 3 is 2.68 bits per heavy atom. The van der Waals surface area contributed by atoms with Gasteiger partial charge in [0.2, 0.25) is 0 Å². The van der Waals surface area contributed by atoms with Crippen molar-refractivity contribution >= 4 is 38.6 Å². The molecule has 0 fully saturated rings. The number of anilines is 1. The molecule has 0 aliphatic rings. The van der Waals surface area contributed by atoms with Crippen molar-refractivity contribution in [3.63, 3.8) is 0 Å². The zero-order valence-electron chi connectivity index (χ0n) is 12.7. The largest absolute Gasteiger partial charge is 0.279 e. The molecule has 0 saturated heterocycles. The molecule has 2 heterocycles. The standard InChI is InChI=1S/C15H11ClFN3O3S2/c1-20-14(21)5-4-13(18-20)9-6-15(24-8-9)25(22,23)19-10-2-3-12(17)11(16)7-10/h2-8,19H,1H3. The van der Waals surface area contributed by atoms with E-state index < -0.39 is 15.8 Å². The SMILES string of the molecule is Cn1nc(-c2csc(S(=O)(=O)Nc3ccc(F)c(Cl)c3)c2)ccc1=O. The summed E-state index contributed by atoms with van der Waals surface area (Å²) in [4.78, 5) is 11.4. The second kappa shape index (κ2) is 6.58. The maximum Gasteiger partial charge on any atom is 0.271 e. The number of aryl methyl sites for hydroxylation is 1. The minimum Gasteiger partial charge on any atom is -0.279 e. The van der Waals surface area contributed by atoms with Gasteiger partial charge in [0.05, 0.1) is 16.4 Å². The summed E-state index contributed by atoms with van der Waals surface area (Å²) in [7, 11) is -2.35. The van der Waals surface area contributed by atoms with Crippen LogP contribution in [0.1, 0.15) is 0 Å². The molecular formula is C15H11ClFN3O3S2. The predicted octanol–water partition coefficient (Wildman–Crippen LogP) is 3.10. The van der Waals surface area contributed by atoms with Crippen LogP contribution in [0.5, 0.6) is 0 Å². The van der Waals surface area contributed by atoms with Gasteiger partial charge in [-0.3, -0.25) is 9.52 Å². The van der Waals surface area contributed by atoms with Crippen molar-refractivity contribution in [3.8, 4) is 11.3 Å². The Morgan fingerprint density at radius 1 is 1.24 bits per heavy atom. The van der Waals surface area contributed by atoms with Gasteiger partial charge in [0.15, 0.2) is 0 Å². The van der Waals surface area contributed by atoms with Crippen molar-refractivity contribution < 1.29 is 12.8 Å². The van der Waals surface area contributed by atoms with Crippen LogP contribution in [-0.2, 0) is 17.1 Å². The van der Waals surface area contributed by atoms with Gasteiger partial charge < -0.3 is 0 Å². The van der Waals surface area contributed by atoms with E-state index in [1.54, 1.807) is 5.38 Å². The van der Waals surface area contributed by atoms with Crippen LogP contribution in [0.15, 0.2) is 50.8 Å². The number of rotatable bonds is 4. The lowest BCUT2D eigenvalue weighted by Crippen LogP contribution is -2.18. The van der Waals surface area contributed by atoms with E-state index in [4.69, 9.17) is 11.6 Å². The van der Waals surface area contributed by atoms with Crippen LogP contribution in [0.3, 0.4) is 0 Å². The molecule has 3 aromatic rings. The Labute approximate surface area is 151 Å². The third-order valence-corrected chi connectivity index (χ3v) is 6.38. The summed E-state index contributed by atoms with van der Waals surface area (Å²) < 4.78 is 41.6. The molecule has 10 heteroatoms. The first-order chi connectivity index (χ1) is 11.8. The first-order valence-corrected chi connectivity index (χ1v) is 9.61. The van der Waals surface area contributed by atoms with Gasteiger partial charge in [0, 0.05) is 24.1 Å². The summed E-state index contributed by atoms with van der Waals surface area (Å²) in [5.41, 5.74) is 0.936. The fourth-order valence-corrected chi connectivity index (χ4v) is 4.42. The molecule has 25 heavy (non-hydrogen) atoms. The van der Waals surface area contributed by atoms with Crippen LogP contribution in [0.2, 0.25) is 5.02 Å². The van der Waals surface area contributed by atoms with Crippen molar-refractivity contribution in [2.75, 3.05) is 4.72 Å². The lowest BCUT2D eigenvalue weighted by atomic mass is 10.2. The second-order valence-electron chi connectivity index (χ2n) is 5.07. The Morgan fingerprint density at radius 2 is 2.00 bits per heavy atom. The molecular weight excluding hydrogens is 389 g/mol. The van der Waals surface area contributed by atoms with Crippen LogP contribution in [0, 0.1) is 5.82 Å². The smallest absolute Gasteiger partial charge is 0.271 e. The van der Waals surface area contributed by atoms with Crippen LogP contribution in [-0.4, -0.2) is 18.2 Å². The summed E-state index contributed by atoms with van der Waals surface area (Å²) in [5.74, 6) is -0.635. The van der Waals surface area contributed by atoms with E-state index in [1.807, 2.05) is 0 Å². The normalized spacial score (nSPS) is 11.5. The maximum atomic E-state index is 13.2. The molecule has 0 spiro atoms. The number of thiophene rings is 1. The first kappa shape index (κ1) is 17.6. The summed E-state index contributed by atoms with van der Waals surface area (Å²) >= 11 is 6.66. The van der Waals surface area contributed by atoms with Gasteiger partial charge in [0.1, 0.15) is 10.0 Å². The molecule has 130 valence electrons. The van der Waals surface area contributed by atoms with Gasteiger partial charge in [-0.05, 0) is 30.3 Å². The van der Waals surface area contributed by atoms with Gasteiger partial charge in [-0.1, -0.05) is 11.6 Å². The third kappa shape index (κ3) is 3.73. The van der Waals surface area contributed by atoms with Crippen molar-refractivity contribution in [2.45, 2.75) is 4.21 Å². The van der Waals surface area contributed by atoms with Crippen molar-refractivity contribution in [3.05, 3.63) is 63.0 Å². The number of hydrogen-bond donors (Lipinski definition) is 1. The zero-order valence-corrected chi connectivity index (χ0v) is 15.1. The molecule has 1 N–H and O–H groups in total. The Balaban J connectivity index is 1.90. The molecule has 0 bridgehead atoms. The van der Waals surface area contributed by atoms with Crippen LogP contribution < -0.4 is 10.3 Å². The number of hydrogen-bond acceptors (Lipinski definition) is 5. The maximum absolute atomic E-state index is 13.2. The number of nitrogens with one attached hydrogen (secondary N) is 1. The lowest BCUT2D eigenvalue weighted by Gasteiger charge is -2.06. The zero-order chi connectivity index (χ0) is 18.2. The van der Waals surface area contributed by atoms with E-state index in [1.165, 1.54) is 42.1 Å². The monoisotopic (exact) mass is 399 g/mol. The summed E-state index contributed by atoms with van der Waals surface area (Å²) in [5, 5.41) is 5.52. The molecule has 0 unspecified atom stereocenters. The second-order valence-corrected chi connectivity index (χ2v) is 8.30. The Kier molecular flexibility index (Phi) is 4.63. The highest BCUT2D eigenvalue weighted by molar-refractivity contribution is 7.94. The molecule has 3 rings (SSSR count). The quantitative estimate of drug-likeness (QED) is 0.730. The average Bonchev–Trinajstić information content (AvgIpc) is 3.04. The highest BCUT2D eigenvalue weighted by Crippen LogP contribution is 2.29. The molecule has 0 radical (unpaired) electrons. The third-order valence-electron chi connectivity index (χ3n) is 3.27. The molecule has 1 aromatic carbocycles. The van der Waals surface area contributed by atoms with Crippen LogP contribution in [0.4, 0.5) is 10.1 Å². The van der Waals surface area contributed by atoms with Crippen molar-refractivity contribution in [1.82, 2.24) is 9.78 Å². The van der Waals surface area contributed by atoms with Gasteiger partial charge in [-0.25, -0.2) is 17.5 Å². The molecule has 2 aromatic heterocycles. The molecule has 0 aliphatic carbocycles. The van der Waals surface area contributed by atoms with E-state index in [2.05, 4.69) is 9.82 Å². The van der Waals surface area contributed by atoms with Crippen molar-refractivity contribution in [1.29, 1.82) is 0 Å². The van der Waals surface area contributed by atoms with Crippen LogP contribution in [0.25, 0.3) is 11.3 Å².